The number of amides is 1. The number of primary amides is 1. The fourth-order valence-electron chi connectivity index (χ4n) is 4.64. The standard InChI is InChI=1S/C18H26N2O/c1-18(2)15-8-4-7-14(15)16(18)20-10-9-12-5-3-6-13(11-12)17(19)21/h3,5-6,11,14-16,20H,4,7-10H2,1-2H3,(H2,19,21)/t14-,15+,16?/m1/s1. The molecule has 3 N–H and O–H groups in total. The van der Waals surface area contributed by atoms with Crippen LogP contribution in [0.4, 0.5) is 0 Å². The molecule has 3 nitrogen and oxygen atoms in total. The smallest absolute Gasteiger partial charge is 0.248 e. The first-order valence-electron chi connectivity index (χ1n) is 8.12. The minimum atomic E-state index is -0.348. The van der Waals surface area contributed by atoms with E-state index in [4.69, 9.17) is 5.73 Å². The summed E-state index contributed by atoms with van der Waals surface area (Å²) < 4.78 is 0. The molecule has 0 saturated heterocycles. The van der Waals surface area contributed by atoms with Crippen molar-refractivity contribution in [1.82, 2.24) is 5.32 Å². The summed E-state index contributed by atoms with van der Waals surface area (Å²) in [4.78, 5) is 11.2. The van der Waals surface area contributed by atoms with E-state index in [0.29, 0.717) is 17.0 Å². The molecular formula is C18H26N2O. The van der Waals surface area contributed by atoms with E-state index in [2.05, 4.69) is 25.2 Å². The highest BCUT2D eigenvalue weighted by Crippen LogP contribution is 2.58. The molecule has 0 radical (unpaired) electrons. The van der Waals surface area contributed by atoms with Gasteiger partial charge >= 0.3 is 0 Å². The topological polar surface area (TPSA) is 55.1 Å². The Labute approximate surface area is 127 Å². The third kappa shape index (κ3) is 2.59. The summed E-state index contributed by atoms with van der Waals surface area (Å²) in [5.74, 6) is 1.46. The normalized spacial score (nSPS) is 29.7. The van der Waals surface area contributed by atoms with Gasteiger partial charge in [0.15, 0.2) is 0 Å². The molecule has 0 bridgehead atoms. The van der Waals surface area contributed by atoms with Gasteiger partial charge in [-0.1, -0.05) is 32.4 Å². The minimum Gasteiger partial charge on any atom is -0.366 e. The number of benzene rings is 1. The maximum Gasteiger partial charge on any atom is 0.248 e. The van der Waals surface area contributed by atoms with Crippen molar-refractivity contribution in [3.63, 3.8) is 0 Å². The Bertz CT molecular complexity index is 538. The zero-order valence-electron chi connectivity index (χ0n) is 13.1. The quantitative estimate of drug-likeness (QED) is 0.874. The lowest BCUT2D eigenvalue weighted by molar-refractivity contribution is -0.0401. The van der Waals surface area contributed by atoms with Crippen LogP contribution in [0.3, 0.4) is 0 Å². The maximum atomic E-state index is 11.2. The van der Waals surface area contributed by atoms with Gasteiger partial charge in [-0.15, -0.1) is 0 Å². The Kier molecular flexibility index (Phi) is 3.78. The molecule has 2 aliphatic carbocycles. The largest absolute Gasteiger partial charge is 0.366 e. The van der Waals surface area contributed by atoms with Gasteiger partial charge in [-0.25, -0.2) is 0 Å². The fraction of sp³-hybridized carbons (Fsp3) is 0.611. The van der Waals surface area contributed by atoms with Crippen LogP contribution in [0, 0.1) is 17.3 Å². The van der Waals surface area contributed by atoms with Gasteiger partial charge in [-0.05, 0) is 60.8 Å². The Morgan fingerprint density at radius 1 is 1.38 bits per heavy atom. The Morgan fingerprint density at radius 2 is 2.19 bits per heavy atom. The number of hydrogen-bond acceptors (Lipinski definition) is 2. The summed E-state index contributed by atoms with van der Waals surface area (Å²) in [7, 11) is 0. The first-order valence-corrected chi connectivity index (χ1v) is 8.12. The molecule has 114 valence electrons. The summed E-state index contributed by atoms with van der Waals surface area (Å²) >= 11 is 0. The molecule has 3 heteroatoms. The van der Waals surface area contributed by atoms with Crippen LogP contribution in [0.1, 0.15) is 49.0 Å². The average molecular weight is 286 g/mol. The predicted molar refractivity (Wildman–Crippen MR) is 85.1 cm³/mol. The fourth-order valence-corrected chi connectivity index (χ4v) is 4.64. The highest BCUT2D eigenvalue weighted by atomic mass is 16.1. The number of carbonyl (C=O) groups is 1. The molecule has 2 aliphatic rings. The van der Waals surface area contributed by atoms with Crippen LogP contribution in [0.2, 0.25) is 0 Å². The molecule has 21 heavy (non-hydrogen) atoms. The van der Waals surface area contributed by atoms with Crippen LogP contribution in [0.15, 0.2) is 24.3 Å². The van der Waals surface area contributed by atoms with E-state index >= 15 is 0 Å². The van der Waals surface area contributed by atoms with E-state index in [1.54, 1.807) is 6.07 Å². The van der Waals surface area contributed by atoms with Gasteiger partial charge in [-0.3, -0.25) is 4.79 Å². The third-order valence-electron chi connectivity index (χ3n) is 5.74. The van der Waals surface area contributed by atoms with Crippen molar-refractivity contribution in [2.24, 2.45) is 23.0 Å². The molecule has 2 fully saturated rings. The number of fused-ring (bicyclic) bond motifs is 1. The van der Waals surface area contributed by atoms with Crippen molar-refractivity contribution in [2.75, 3.05) is 6.54 Å². The van der Waals surface area contributed by atoms with E-state index < -0.39 is 0 Å². The molecule has 3 atom stereocenters. The van der Waals surface area contributed by atoms with Gasteiger partial charge in [-0.2, -0.15) is 0 Å². The highest BCUT2D eigenvalue weighted by Gasteiger charge is 2.57. The Hall–Kier alpha value is -1.35. The summed E-state index contributed by atoms with van der Waals surface area (Å²) in [6.45, 7) is 5.79. The maximum absolute atomic E-state index is 11.2. The van der Waals surface area contributed by atoms with Crippen LogP contribution in [-0.4, -0.2) is 18.5 Å². The van der Waals surface area contributed by atoms with E-state index in [9.17, 15) is 4.79 Å². The Balaban J connectivity index is 1.55. The van der Waals surface area contributed by atoms with Crippen molar-refractivity contribution in [3.05, 3.63) is 35.4 Å². The van der Waals surface area contributed by atoms with Crippen LogP contribution >= 0.6 is 0 Å². The SMILES string of the molecule is CC1(C)C(NCCc2cccc(C(N)=O)c2)[C@@H]2CCC[C@@H]21. The second-order valence-electron chi connectivity index (χ2n) is 7.27. The van der Waals surface area contributed by atoms with Crippen LogP contribution < -0.4 is 11.1 Å². The van der Waals surface area contributed by atoms with Gasteiger partial charge in [0.2, 0.25) is 5.91 Å². The molecule has 3 rings (SSSR count). The van der Waals surface area contributed by atoms with Crippen molar-refractivity contribution in [1.29, 1.82) is 0 Å². The van der Waals surface area contributed by atoms with Crippen molar-refractivity contribution in [3.8, 4) is 0 Å². The molecule has 1 unspecified atom stereocenters. The minimum absolute atomic E-state index is 0.348. The molecule has 1 aromatic rings. The number of carbonyl (C=O) groups excluding carboxylic acids is 1. The van der Waals surface area contributed by atoms with E-state index in [-0.39, 0.29) is 5.91 Å². The lowest BCUT2D eigenvalue weighted by Gasteiger charge is -2.56. The molecule has 0 aliphatic heterocycles. The van der Waals surface area contributed by atoms with Gasteiger partial charge in [0.05, 0.1) is 0 Å². The molecule has 2 saturated carbocycles. The second-order valence-corrected chi connectivity index (χ2v) is 7.27. The van der Waals surface area contributed by atoms with Crippen LogP contribution in [-0.2, 0) is 6.42 Å². The summed E-state index contributed by atoms with van der Waals surface area (Å²) in [6.07, 6.45) is 5.15. The number of nitrogens with one attached hydrogen (secondary N) is 1. The summed E-state index contributed by atoms with van der Waals surface area (Å²) in [6, 6.07) is 8.32. The van der Waals surface area contributed by atoms with E-state index in [0.717, 1.165) is 24.8 Å². The number of hydrogen-bond donors (Lipinski definition) is 2. The average Bonchev–Trinajstić information content (AvgIpc) is 2.90. The third-order valence-corrected chi connectivity index (χ3v) is 5.74. The van der Waals surface area contributed by atoms with Crippen molar-refractivity contribution >= 4 is 5.91 Å². The predicted octanol–water partition coefficient (Wildman–Crippen LogP) is 2.74. The van der Waals surface area contributed by atoms with Gasteiger partial charge in [0, 0.05) is 11.6 Å². The number of rotatable bonds is 5. The van der Waals surface area contributed by atoms with Gasteiger partial charge in [0.25, 0.3) is 0 Å². The zero-order chi connectivity index (χ0) is 15.0. The van der Waals surface area contributed by atoms with Crippen LogP contribution in [0.5, 0.6) is 0 Å². The first kappa shape index (κ1) is 14.6. The highest BCUT2D eigenvalue weighted by molar-refractivity contribution is 5.92. The van der Waals surface area contributed by atoms with Gasteiger partial charge < -0.3 is 11.1 Å². The lowest BCUT2D eigenvalue weighted by Crippen LogP contribution is -2.62. The number of nitrogens with two attached hydrogens (primary N) is 1. The van der Waals surface area contributed by atoms with Crippen molar-refractivity contribution < 1.29 is 4.79 Å². The lowest BCUT2D eigenvalue weighted by atomic mass is 9.53. The van der Waals surface area contributed by atoms with E-state index in [1.807, 2.05) is 12.1 Å². The first-order chi connectivity index (χ1) is 10.00. The molecule has 1 aromatic carbocycles. The molecule has 1 amide bonds. The molecule has 0 spiro atoms. The van der Waals surface area contributed by atoms with Gasteiger partial charge in [0.1, 0.15) is 0 Å². The molecule has 0 aromatic heterocycles. The summed E-state index contributed by atoms with van der Waals surface area (Å²) in [5.41, 5.74) is 7.55. The van der Waals surface area contributed by atoms with E-state index in [1.165, 1.54) is 24.8 Å². The van der Waals surface area contributed by atoms with Crippen molar-refractivity contribution in [2.45, 2.75) is 45.6 Å². The molecule has 0 heterocycles. The Morgan fingerprint density at radius 3 is 2.95 bits per heavy atom. The monoisotopic (exact) mass is 286 g/mol. The van der Waals surface area contributed by atoms with Crippen LogP contribution in [0.25, 0.3) is 0 Å². The zero-order valence-corrected chi connectivity index (χ0v) is 13.1. The molecular weight excluding hydrogens is 260 g/mol. The second kappa shape index (κ2) is 5.45. The summed E-state index contributed by atoms with van der Waals surface area (Å²) in [5, 5.41) is 3.76.